The van der Waals surface area contributed by atoms with Gasteiger partial charge in [0.2, 0.25) is 0 Å². The Hall–Kier alpha value is -4.14. The standard InChI is InChI=1S/C50H51NS/c1-49(2)44-16-10-8-14-39(44)41-24-21-36(30-46(41)49)51(37-22-25-42-40-15-9-11-17-45(40)50(3,4)47(42)31-37)35-20-23-38-33(19-18-32-12-6-5-7-13-32)28-34-26-27-52-48(34)43(38)29-35/h6,8,10,12-17,20-27,29,31,33,36,41,46H,5,7,9,11,18-19,28,30H2,1-4H3/t33-,36?,41?,46?/m0/s1. The first-order chi connectivity index (χ1) is 25.3. The van der Waals surface area contributed by atoms with Gasteiger partial charge in [-0.15, -0.1) is 11.3 Å². The lowest BCUT2D eigenvalue weighted by Gasteiger charge is -2.41. The van der Waals surface area contributed by atoms with Crippen molar-refractivity contribution in [3.63, 3.8) is 0 Å². The van der Waals surface area contributed by atoms with Crippen LogP contribution in [0.4, 0.5) is 11.4 Å². The molecule has 3 aromatic carbocycles. The molecule has 0 amide bonds. The van der Waals surface area contributed by atoms with E-state index in [9.17, 15) is 0 Å². The van der Waals surface area contributed by atoms with E-state index < -0.39 is 0 Å². The van der Waals surface area contributed by atoms with Crippen molar-refractivity contribution in [2.24, 2.45) is 5.92 Å². The highest BCUT2D eigenvalue weighted by Crippen LogP contribution is 2.57. The van der Waals surface area contributed by atoms with E-state index in [0.29, 0.717) is 17.8 Å². The molecule has 262 valence electrons. The van der Waals surface area contributed by atoms with Gasteiger partial charge in [0.1, 0.15) is 0 Å². The summed E-state index contributed by atoms with van der Waals surface area (Å²) in [7, 11) is 0. The summed E-state index contributed by atoms with van der Waals surface area (Å²) >= 11 is 1.93. The number of anilines is 2. The quantitative estimate of drug-likeness (QED) is 0.181. The lowest BCUT2D eigenvalue weighted by molar-refractivity contribution is 0.287. The first kappa shape index (κ1) is 32.5. The van der Waals surface area contributed by atoms with Gasteiger partial charge in [-0.3, -0.25) is 0 Å². The predicted octanol–water partition coefficient (Wildman–Crippen LogP) is 13.7. The van der Waals surface area contributed by atoms with Gasteiger partial charge in [0, 0.05) is 27.6 Å². The highest BCUT2D eigenvalue weighted by molar-refractivity contribution is 7.13. The molecule has 6 aliphatic carbocycles. The highest BCUT2D eigenvalue weighted by Gasteiger charge is 2.48. The van der Waals surface area contributed by atoms with Crippen LogP contribution in [-0.4, -0.2) is 6.04 Å². The first-order valence-electron chi connectivity index (χ1n) is 20.0. The SMILES string of the molecule is CC1(C)C2=CCCC=C2c2ccc(N(c3ccc4c(c3)-c3sccc3C[C@@H]4CCC3=CCCC=C3)C3C=CC4c5ccccc5C(C)(C)C4C3)cc21. The third-order valence-corrected chi connectivity index (χ3v) is 14.9. The topological polar surface area (TPSA) is 3.24 Å². The monoisotopic (exact) mass is 697 g/mol. The lowest BCUT2D eigenvalue weighted by atomic mass is 9.70. The molecule has 4 aromatic rings. The van der Waals surface area contributed by atoms with Crippen molar-refractivity contribution in [1.29, 1.82) is 0 Å². The zero-order chi connectivity index (χ0) is 35.2. The second-order valence-electron chi connectivity index (χ2n) is 17.4. The Kier molecular flexibility index (Phi) is 7.63. The lowest BCUT2D eigenvalue weighted by Crippen LogP contribution is -2.38. The molecule has 0 spiro atoms. The molecule has 0 fully saturated rings. The molecule has 10 rings (SSSR count). The molecular formula is C50H51NS. The first-order valence-corrected chi connectivity index (χ1v) is 20.9. The van der Waals surface area contributed by atoms with Gasteiger partial charge in [-0.1, -0.05) is 112 Å². The Balaban J connectivity index is 1.08. The molecule has 1 heterocycles. The molecule has 3 unspecified atom stereocenters. The third kappa shape index (κ3) is 5.00. The maximum Gasteiger partial charge on any atom is 0.0525 e. The van der Waals surface area contributed by atoms with Crippen molar-refractivity contribution in [2.75, 3.05) is 4.90 Å². The van der Waals surface area contributed by atoms with E-state index in [2.05, 4.69) is 147 Å². The van der Waals surface area contributed by atoms with E-state index in [1.165, 1.54) is 92.0 Å². The minimum atomic E-state index is 0.00373. The van der Waals surface area contributed by atoms with Crippen molar-refractivity contribution in [3.05, 3.63) is 159 Å². The second-order valence-corrected chi connectivity index (χ2v) is 18.3. The average Bonchev–Trinajstić information content (AvgIpc) is 3.81. The minimum Gasteiger partial charge on any atom is -0.334 e. The van der Waals surface area contributed by atoms with Crippen LogP contribution in [0.5, 0.6) is 0 Å². The van der Waals surface area contributed by atoms with Crippen LogP contribution >= 0.6 is 11.3 Å². The molecule has 0 saturated heterocycles. The van der Waals surface area contributed by atoms with Gasteiger partial charge in [-0.25, -0.2) is 0 Å². The number of fused-ring (bicyclic) bond motifs is 9. The fourth-order valence-corrected chi connectivity index (χ4v) is 12.1. The number of hydrogen-bond acceptors (Lipinski definition) is 2. The van der Waals surface area contributed by atoms with Gasteiger partial charge in [-0.05, 0) is 154 Å². The van der Waals surface area contributed by atoms with E-state index in [0.717, 1.165) is 25.7 Å². The van der Waals surface area contributed by atoms with Crippen molar-refractivity contribution < 1.29 is 0 Å². The molecule has 0 aliphatic heterocycles. The normalized spacial score (nSPS) is 25.5. The molecule has 2 heteroatoms. The van der Waals surface area contributed by atoms with Crippen LogP contribution in [0.1, 0.15) is 118 Å². The third-order valence-electron chi connectivity index (χ3n) is 13.9. The molecule has 1 nitrogen and oxygen atoms in total. The number of nitrogens with zero attached hydrogens (tertiary/aromatic N) is 1. The van der Waals surface area contributed by atoms with Gasteiger partial charge >= 0.3 is 0 Å². The molecule has 1 aromatic heterocycles. The summed E-state index contributed by atoms with van der Waals surface area (Å²) in [5.74, 6) is 1.59. The number of thiophene rings is 1. The summed E-state index contributed by atoms with van der Waals surface area (Å²) in [5, 5.41) is 2.32. The minimum absolute atomic E-state index is 0.00373. The second kappa shape index (κ2) is 12.2. The number of hydrogen-bond donors (Lipinski definition) is 0. The number of rotatable bonds is 6. The van der Waals surface area contributed by atoms with Crippen LogP contribution in [0.15, 0.2) is 126 Å². The molecule has 0 saturated carbocycles. The highest BCUT2D eigenvalue weighted by atomic mass is 32.1. The van der Waals surface area contributed by atoms with E-state index in [-0.39, 0.29) is 16.9 Å². The van der Waals surface area contributed by atoms with Crippen molar-refractivity contribution in [2.45, 2.75) is 108 Å². The van der Waals surface area contributed by atoms with Crippen molar-refractivity contribution in [1.82, 2.24) is 0 Å². The van der Waals surface area contributed by atoms with Gasteiger partial charge < -0.3 is 4.90 Å². The largest absolute Gasteiger partial charge is 0.334 e. The zero-order valence-electron chi connectivity index (χ0n) is 31.3. The van der Waals surface area contributed by atoms with Gasteiger partial charge in [-0.2, -0.15) is 0 Å². The molecule has 4 atom stereocenters. The summed E-state index contributed by atoms with van der Waals surface area (Å²) in [6.45, 7) is 9.87. The molecule has 0 radical (unpaired) electrons. The molecule has 52 heavy (non-hydrogen) atoms. The molecular weight excluding hydrogens is 647 g/mol. The summed E-state index contributed by atoms with van der Waals surface area (Å²) < 4.78 is 0. The summed E-state index contributed by atoms with van der Waals surface area (Å²) in [6, 6.07) is 26.9. The summed E-state index contributed by atoms with van der Waals surface area (Å²) in [5.41, 5.74) is 17.8. The van der Waals surface area contributed by atoms with Crippen LogP contribution in [0.2, 0.25) is 0 Å². The maximum absolute atomic E-state index is 2.72. The van der Waals surface area contributed by atoms with Gasteiger partial charge in [0.15, 0.2) is 0 Å². The zero-order valence-corrected chi connectivity index (χ0v) is 32.1. The summed E-state index contributed by atoms with van der Waals surface area (Å²) in [4.78, 5) is 4.20. The van der Waals surface area contributed by atoms with Crippen LogP contribution in [0, 0.1) is 5.92 Å². The molecule has 6 aliphatic rings. The smallest absolute Gasteiger partial charge is 0.0525 e. The predicted molar refractivity (Wildman–Crippen MR) is 222 cm³/mol. The van der Waals surface area contributed by atoms with Crippen LogP contribution < -0.4 is 4.90 Å². The number of benzene rings is 3. The van der Waals surface area contributed by atoms with Crippen LogP contribution in [0.25, 0.3) is 16.0 Å². The van der Waals surface area contributed by atoms with Gasteiger partial charge in [0.05, 0.1) is 6.04 Å². The Bertz CT molecular complexity index is 2250. The van der Waals surface area contributed by atoms with Crippen molar-refractivity contribution >= 4 is 28.3 Å². The average molecular weight is 698 g/mol. The van der Waals surface area contributed by atoms with E-state index in [1.807, 2.05) is 11.3 Å². The van der Waals surface area contributed by atoms with E-state index >= 15 is 0 Å². The Labute approximate surface area is 315 Å². The van der Waals surface area contributed by atoms with E-state index in [4.69, 9.17) is 0 Å². The fourth-order valence-electron chi connectivity index (χ4n) is 11.1. The van der Waals surface area contributed by atoms with Crippen LogP contribution in [-0.2, 0) is 17.3 Å². The summed E-state index contributed by atoms with van der Waals surface area (Å²) in [6.07, 6.45) is 26.7. The number of allylic oxidation sites excluding steroid dienone is 9. The van der Waals surface area contributed by atoms with Gasteiger partial charge in [0.25, 0.3) is 0 Å². The Morgan fingerprint density at radius 1 is 0.769 bits per heavy atom. The maximum atomic E-state index is 2.72. The Morgan fingerprint density at radius 2 is 1.60 bits per heavy atom. The molecule has 0 N–H and O–H groups in total. The van der Waals surface area contributed by atoms with E-state index in [1.54, 1.807) is 5.56 Å². The Morgan fingerprint density at radius 3 is 2.48 bits per heavy atom. The van der Waals surface area contributed by atoms with Crippen molar-refractivity contribution in [3.8, 4) is 10.4 Å². The fraction of sp³-hybridized carbons (Fsp3) is 0.360. The molecule has 0 bridgehead atoms. The van der Waals surface area contributed by atoms with Crippen LogP contribution in [0.3, 0.4) is 0 Å².